The molecule has 4 nitrogen and oxygen atoms in total. The van der Waals surface area contributed by atoms with Crippen LogP contribution in [0.15, 0.2) is 47.5 Å². The summed E-state index contributed by atoms with van der Waals surface area (Å²) in [5, 5.41) is 12.7. The van der Waals surface area contributed by atoms with Crippen molar-refractivity contribution < 1.29 is 0 Å². The Balaban J connectivity index is 1.80. The van der Waals surface area contributed by atoms with E-state index in [2.05, 4.69) is 17.4 Å². The summed E-state index contributed by atoms with van der Waals surface area (Å²) in [4.78, 5) is 4.84. The maximum absolute atomic E-state index is 8.73. The first-order valence-electron chi connectivity index (χ1n) is 10.7. The second kappa shape index (κ2) is 11.4. The molecule has 2 atom stereocenters. The summed E-state index contributed by atoms with van der Waals surface area (Å²) < 4.78 is 0. The van der Waals surface area contributed by atoms with Crippen LogP contribution < -0.4 is 5.43 Å². The summed E-state index contributed by atoms with van der Waals surface area (Å²) in [6.45, 7) is 6.80. The van der Waals surface area contributed by atoms with E-state index in [1.165, 1.54) is 19.3 Å². The van der Waals surface area contributed by atoms with Gasteiger partial charge in [-0.1, -0.05) is 67.2 Å². The van der Waals surface area contributed by atoms with Crippen LogP contribution in [0.2, 0.25) is 15.1 Å². The van der Waals surface area contributed by atoms with Crippen LogP contribution >= 0.6 is 34.8 Å². The summed E-state index contributed by atoms with van der Waals surface area (Å²) in [7, 11) is 0. The molecule has 31 heavy (non-hydrogen) atoms. The van der Waals surface area contributed by atoms with E-state index in [0.29, 0.717) is 33.0 Å². The van der Waals surface area contributed by atoms with Gasteiger partial charge in [0.25, 0.3) is 0 Å². The molecular weight excluding hydrogens is 451 g/mol. The SMILES string of the molecule is CCC1CCCN(NCC(=N)C(C)C(=Nc2ccc(Cl)cc2Cl)c2ccc(Cl)cc2)C1. The number of nitrogens with zero attached hydrogens (tertiary/aromatic N) is 2. The minimum atomic E-state index is -0.202. The summed E-state index contributed by atoms with van der Waals surface area (Å²) >= 11 is 18.5. The van der Waals surface area contributed by atoms with Crippen LogP contribution in [-0.2, 0) is 0 Å². The smallest absolute Gasteiger partial charge is 0.0820 e. The van der Waals surface area contributed by atoms with E-state index in [1.54, 1.807) is 18.2 Å². The Morgan fingerprint density at radius 3 is 2.55 bits per heavy atom. The number of benzene rings is 2. The lowest BCUT2D eigenvalue weighted by atomic mass is 9.93. The number of aliphatic imine (C=N–C) groups is 1. The average Bonchev–Trinajstić information content (AvgIpc) is 2.77. The van der Waals surface area contributed by atoms with Gasteiger partial charge in [0.05, 0.1) is 16.4 Å². The second-order valence-electron chi connectivity index (χ2n) is 8.04. The van der Waals surface area contributed by atoms with E-state index >= 15 is 0 Å². The van der Waals surface area contributed by atoms with Gasteiger partial charge in [-0.2, -0.15) is 0 Å². The van der Waals surface area contributed by atoms with Gasteiger partial charge in [-0.25, -0.2) is 10.4 Å². The van der Waals surface area contributed by atoms with Gasteiger partial charge in [-0.15, -0.1) is 0 Å². The molecule has 0 bridgehead atoms. The Kier molecular flexibility index (Phi) is 8.94. The number of hydrogen-bond acceptors (Lipinski definition) is 4. The van der Waals surface area contributed by atoms with Crippen LogP contribution in [0.4, 0.5) is 5.69 Å². The van der Waals surface area contributed by atoms with Crippen LogP contribution in [-0.4, -0.2) is 36.1 Å². The molecule has 2 aromatic carbocycles. The van der Waals surface area contributed by atoms with E-state index in [9.17, 15) is 0 Å². The van der Waals surface area contributed by atoms with Gasteiger partial charge in [0, 0.05) is 41.3 Å². The number of rotatable bonds is 8. The summed E-state index contributed by atoms with van der Waals surface area (Å²) in [5.74, 6) is 0.526. The normalized spacial score (nSPS) is 18.7. The Hall–Kier alpha value is -1.43. The Morgan fingerprint density at radius 2 is 1.87 bits per heavy atom. The Bertz CT molecular complexity index is 927. The molecule has 1 heterocycles. The fourth-order valence-electron chi connectivity index (χ4n) is 3.79. The van der Waals surface area contributed by atoms with Gasteiger partial charge in [0.15, 0.2) is 0 Å². The van der Waals surface area contributed by atoms with E-state index in [1.807, 2.05) is 31.2 Å². The maximum Gasteiger partial charge on any atom is 0.0820 e. The van der Waals surface area contributed by atoms with Crippen molar-refractivity contribution in [3.05, 3.63) is 63.1 Å². The lowest BCUT2D eigenvalue weighted by molar-refractivity contribution is 0.120. The summed E-state index contributed by atoms with van der Waals surface area (Å²) in [5.41, 5.74) is 6.34. The standard InChI is InChI=1S/C24H29Cl3N4/c1-3-17-5-4-12-31(15-17)29-14-22(28)16(2)24(18-6-8-19(25)9-7-18)30-23-11-10-20(26)13-21(23)27/h6-11,13,16-17,28-29H,3-5,12,14-15H2,1-2H3. The average molecular weight is 480 g/mol. The molecule has 3 rings (SSSR count). The minimum Gasteiger partial charge on any atom is -0.308 e. The molecule has 2 N–H and O–H groups in total. The molecule has 2 unspecified atom stereocenters. The zero-order valence-corrected chi connectivity index (χ0v) is 20.2. The largest absolute Gasteiger partial charge is 0.308 e. The molecule has 0 aliphatic carbocycles. The molecule has 1 saturated heterocycles. The maximum atomic E-state index is 8.73. The van der Waals surface area contributed by atoms with Gasteiger partial charge in [0.1, 0.15) is 0 Å². The highest BCUT2D eigenvalue weighted by atomic mass is 35.5. The van der Waals surface area contributed by atoms with Crippen LogP contribution in [0.5, 0.6) is 0 Å². The topological polar surface area (TPSA) is 51.5 Å². The van der Waals surface area contributed by atoms with Crippen LogP contribution in [0, 0.1) is 17.2 Å². The lowest BCUT2D eigenvalue weighted by Gasteiger charge is -2.33. The fraction of sp³-hybridized carbons (Fsp3) is 0.417. The molecule has 1 fully saturated rings. The number of nitrogens with one attached hydrogen (secondary N) is 2. The highest BCUT2D eigenvalue weighted by Crippen LogP contribution is 2.30. The highest BCUT2D eigenvalue weighted by Gasteiger charge is 2.22. The van der Waals surface area contributed by atoms with Gasteiger partial charge >= 0.3 is 0 Å². The molecule has 0 spiro atoms. The molecular formula is C24H29Cl3N4. The lowest BCUT2D eigenvalue weighted by Crippen LogP contribution is -2.47. The van der Waals surface area contributed by atoms with E-state index < -0.39 is 0 Å². The van der Waals surface area contributed by atoms with Crippen molar-refractivity contribution in [3.63, 3.8) is 0 Å². The molecule has 0 aromatic heterocycles. The third-order valence-corrected chi connectivity index (χ3v) is 6.60. The van der Waals surface area contributed by atoms with Crippen molar-refractivity contribution in [1.29, 1.82) is 5.41 Å². The minimum absolute atomic E-state index is 0.202. The summed E-state index contributed by atoms with van der Waals surface area (Å²) in [6.07, 6.45) is 3.68. The van der Waals surface area contributed by atoms with E-state index in [-0.39, 0.29) is 5.92 Å². The highest BCUT2D eigenvalue weighted by molar-refractivity contribution is 6.36. The first-order valence-corrected chi connectivity index (χ1v) is 11.9. The molecule has 0 saturated carbocycles. The first kappa shape index (κ1) is 24.2. The number of hydrazine groups is 1. The first-order chi connectivity index (χ1) is 14.9. The molecule has 1 aliphatic heterocycles. The van der Waals surface area contributed by atoms with Crippen LogP contribution in [0.1, 0.15) is 38.7 Å². The van der Waals surface area contributed by atoms with Gasteiger partial charge in [-0.05, 0) is 54.7 Å². The fourth-order valence-corrected chi connectivity index (χ4v) is 4.37. The van der Waals surface area contributed by atoms with Crippen molar-refractivity contribution in [3.8, 4) is 0 Å². The zero-order chi connectivity index (χ0) is 22.4. The van der Waals surface area contributed by atoms with Gasteiger partial charge in [-0.3, -0.25) is 4.99 Å². The number of hydrogen-bond donors (Lipinski definition) is 2. The number of halogens is 3. The van der Waals surface area contributed by atoms with Crippen molar-refractivity contribution >= 4 is 51.9 Å². The molecule has 166 valence electrons. The molecule has 1 aliphatic rings. The molecule has 0 amide bonds. The predicted molar refractivity (Wildman–Crippen MR) is 134 cm³/mol. The van der Waals surface area contributed by atoms with Gasteiger partial charge in [0.2, 0.25) is 0 Å². The molecule has 2 aromatic rings. The molecule has 7 heteroatoms. The van der Waals surface area contributed by atoms with Crippen molar-refractivity contribution in [2.75, 3.05) is 19.6 Å². The number of piperidine rings is 1. The monoisotopic (exact) mass is 478 g/mol. The molecule has 0 radical (unpaired) electrons. The quantitative estimate of drug-likeness (QED) is 0.398. The zero-order valence-electron chi connectivity index (χ0n) is 18.0. The van der Waals surface area contributed by atoms with Crippen LogP contribution in [0.3, 0.4) is 0 Å². The predicted octanol–water partition coefficient (Wildman–Crippen LogP) is 7.05. The van der Waals surface area contributed by atoms with Crippen molar-refractivity contribution in [2.45, 2.75) is 33.1 Å². The van der Waals surface area contributed by atoms with Crippen LogP contribution in [0.25, 0.3) is 0 Å². The Labute approximate surface area is 200 Å². The van der Waals surface area contributed by atoms with Crippen molar-refractivity contribution in [1.82, 2.24) is 10.4 Å². The van der Waals surface area contributed by atoms with E-state index in [4.69, 9.17) is 45.2 Å². The third-order valence-electron chi connectivity index (χ3n) is 5.81. The van der Waals surface area contributed by atoms with E-state index in [0.717, 1.165) is 30.3 Å². The third kappa shape index (κ3) is 6.77. The Morgan fingerprint density at radius 1 is 1.16 bits per heavy atom. The summed E-state index contributed by atoms with van der Waals surface area (Å²) in [6, 6.07) is 12.8. The van der Waals surface area contributed by atoms with Crippen molar-refractivity contribution in [2.24, 2.45) is 16.8 Å². The van der Waals surface area contributed by atoms with Gasteiger partial charge < -0.3 is 5.41 Å². The second-order valence-corrected chi connectivity index (χ2v) is 9.32.